The van der Waals surface area contributed by atoms with Gasteiger partial charge in [0.05, 0.1) is 28.0 Å². The number of rotatable bonds is 3. The molecule has 1 atom stereocenters. The second-order valence-electron chi connectivity index (χ2n) is 5.76. The average Bonchev–Trinajstić information content (AvgIpc) is 2.76. The van der Waals surface area contributed by atoms with Gasteiger partial charge in [-0.3, -0.25) is 4.79 Å². The molecule has 1 aliphatic rings. The summed E-state index contributed by atoms with van der Waals surface area (Å²) in [5, 5.41) is 4.60. The molecule has 1 N–H and O–H groups in total. The number of aryl methyl sites for hydroxylation is 1. The van der Waals surface area contributed by atoms with Crippen LogP contribution in [0.1, 0.15) is 24.3 Å². The second kappa shape index (κ2) is 6.12. The largest absolute Gasteiger partial charge is 0.495 e. The summed E-state index contributed by atoms with van der Waals surface area (Å²) in [6, 6.07) is 4.33. The summed E-state index contributed by atoms with van der Waals surface area (Å²) in [5.74, 6) is 1.03. The van der Waals surface area contributed by atoms with E-state index >= 15 is 0 Å². The average molecular weight is 319 g/mol. The molecule has 0 bridgehead atoms. The van der Waals surface area contributed by atoms with E-state index in [1.165, 1.54) is 0 Å². The number of nitrogens with one attached hydrogen (secondary N) is 1. The molecule has 0 saturated carbocycles. The zero-order valence-electron chi connectivity index (χ0n) is 13.2. The molecule has 6 heteroatoms. The Morgan fingerprint density at radius 1 is 1.45 bits per heavy atom. The summed E-state index contributed by atoms with van der Waals surface area (Å²) in [6.07, 6.45) is 2.54. The zero-order chi connectivity index (χ0) is 15.7. The highest BCUT2D eigenvalue weighted by Crippen LogP contribution is 2.34. The van der Waals surface area contributed by atoms with Gasteiger partial charge in [0.1, 0.15) is 5.75 Å². The second-order valence-corrected chi connectivity index (χ2v) is 7.00. The van der Waals surface area contributed by atoms with E-state index in [1.54, 1.807) is 18.4 Å². The number of carbonyl (C=O) groups is 1. The maximum atomic E-state index is 11.8. The van der Waals surface area contributed by atoms with Crippen molar-refractivity contribution in [3.05, 3.63) is 17.1 Å². The Kier molecular flexibility index (Phi) is 4.20. The van der Waals surface area contributed by atoms with E-state index in [1.807, 2.05) is 24.9 Å². The van der Waals surface area contributed by atoms with Crippen LogP contribution in [0.4, 0.5) is 5.69 Å². The van der Waals surface area contributed by atoms with Gasteiger partial charge < -0.3 is 15.0 Å². The molecule has 1 aliphatic heterocycles. The molecular formula is C16H21N3O2S. The summed E-state index contributed by atoms with van der Waals surface area (Å²) in [4.78, 5) is 18.1. The maximum absolute atomic E-state index is 11.8. The highest BCUT2D eigenvalue weighted by molar-refractivity contribution is 7.18. The predicted molar refractivity (Wildman–Crippen MR) is 89.8 cm³/mol. The van der Waals surface area contributed by atoms with Crippen molar-refractivity contribution in [2.45, 2.75) is 32.2 Å². The molecule has 2 heterocycles. The predicted octanol–water partition coefficient (Wildman–Crippen LogP) is 3.04. The molecule has 1 unspecified atom stereocenters. The van der Waals surface area contributed by atoms with Crippen LogP contribution in [0.2, 0.25) is 0 Å². The normalized spacial score (nSPS) is 19.3. The minimum atomic E-state index is 0.227. The monoisotopic (exact) mass is 319 g/mol. The van der Waals surface area contributed by atoms with Crippen LogP contribution in [0, 0.1) is 6.92 Å². The van der Waals surface area contributed by atoms with Gasteiger partial charge in [0.2, 0.25) is 5.91 Å². The number of likely N-dealkylation sites (tertiary alicyclic amines) is 1. The number of ether oxygens (including phenoxy) is 1. The Morgan fingerprint density at radius 3 is 3.05 bits per heavy atom. The van der Waals surface area contributed by atoms with Crippen molar-refractivity contribution in [1.82, 2.24) is 9.88 Å². The number of hydrogen-bond donors (Lipinski definition) is 1. The number of carbonyl (C=O) groups excluding carboxylic acids is 1. The van der Waals surface area contributed by atoms with Crippen molar-refractivity contribution < 1.29 is 9.53 Å². The number of aromatic nitrogens is 1. The Labute approximate surface area is 134 Å². The summed E-state index contributed by atoms with van der Waals surface area (Å²) < 4.78 is 6.66. The molecule has 118 valence electrons. The molecule has 1 aromatic carbocycles. The third-order valence-corrected chi connectivity index (χ3v) is 4.97. The summed E-state index contributed by atoms with van der Waals surface area (Å²) in [7, 11) is 3.55. The van der Waals surface area contributed by atoms with Gasteiger partial charge in [0.25, 0.3) is 0 Å². The molecule has 0 aliphatic carbocycles. The molecule has 0 radical (unpaired) electrons. The van der Waals surface area contributed by atoms with Crippen molar-refractivity contribution in [3.8, 4) is 5.75 Å². The van der Waals surface area contributed by atoms with E-state index in [-0.39, 0.29) is 11.9 Å². The third-order valence-electron chi connectivity index (χ3n) is 4.04. The Morgan fingerprint density at radius 2 is 2.27 bits per heavy atom. The van der Waals surface area contributed by atoms with E-state index in [4.69, 9.17) is 4.74 Å². The minimum Gasteiger partial charge on any atom is -0.495 e. The van der Waals surface area contributed by atoms with Gasteiger partial charge in [-0.2, -0.15) is 0 Å². The van der Waals surface area contributed by atoms with Crippen LogP contribution >= 0.6 is 11.3 Å². The van der Waals surface area contributed by atoms with Crippen LogP contribution in [-0.4, -0.2) is 42.5 Å². The standard InChI is InChI=1S/C16H21N3O2S/c1-10-17-13-7-14(21-3)12(8-15(13)22-10)18-11-5-4-6-16(20)19(2)9-11/h7-8,11,18H,4-6,9H2,1-3H3. The first kappa shape index (κ1) is 15.1. The van der Waals surface area contributed by atoms with Crippen molar-refractivity contribution in [1.29, 1.82) is 0 Å². The topological polar surface area (TPSA) is 54.5 Å². The van der Waals surface area contributed by atoms with Gasteiger partial charge in [-0.05, 0) is 25.8 Å². The first-order valence-corrected chi connectivity index (χ1v) is 8.34. The van der Waals surface area contributed by atoms with E-state index < -0.39 is 0 Å². The number of hydrogen-bond acceptors (Lipinski definition) is 5. The highest BCUT2D eigenvalue weighted by Gasteiger charge is 2.21. The van der Waals surface area contributed by atoms with Crippen LogP contribution in [0.25, 0.3) is 10.2 Å². The SMILES string of the molecule is COc1cc2nc(C)sc2cc1NC1CCCC(=O)N(C)C1. The van der Waals surface area contributed by atoms with Crippen molar-refractivity contribution in [3.63, 3.8) is 0 Å². The van der Waals surface area contributed by atoms with Crippen LogP contribution in [0.3, 0.4) is 0 Å². The number of anilines is 1. The number of methoxy groups -OCH3 is 1. The molecule has 1 saturated heterocycles. The maximum Gasteiger partial charge on any atom is 0.222 e. The fourth-order valence-corrected chi connectivity index (χ4v) is 3.75. The summed E-state index contributed by atoms with van der Waals surface area (Å²) in [6.45, 7) is 2.73. The summed E-state index contributed by atoms with van der Waals surface area (Å²) in [5.41, 5.74) is 1.95. The lowest BCUT2D eigenvalue weighted by Crippen LogP contribution is -2.35. The quantitative estimate of drug-likeness (QED) is 0.945. The molecule has 0 spiro atoms. The molecule has 1 fully saturated rings. The molecule has 1 aromatic heterocycles. The number of benzene rings is 1. The van der Waals surface area contributed by atoms with Crippen LogP contribution in [0.15, 0.2) is 12.1 Å². The van der Waals surface area contributed by atoms with Gasteiger partial charge in [-0.25, -0.2) is 4.98 Å². The van der Waals surface area contributed by atoms with Gasteiger partial charge in [-0.1, -0.05) is 0 Å². The van der Waals surface area contributed by atoms with Gasteiger partial charge >= 0.3 is 0 Å². The Balaban J connectivity index is 1.87. The molecule has 1 amide bonds. The number of amides is 1. The van der Waals surface area contributed by atoms with Gasteiger partial charge in [0, 0.05) is 32.1 Å². The third kappa shape index (κ3) is 3.02. The van der Waals surface area contributed by atoms with Crippen molar-refractivity contribution in [2.24, 2.45) is 0 Å². The lowest BCUT2D eigenvalue weighted by molar-refractivity contribution is -0.129. The fraction of sp³-hybridized carbons (Fsp3) is 0.500. The number of nitrogens with zero attached hydrogens (tertiary/aromatic N) is 2. The zero-order valence-corrected chi connectivity index (χ0v) is 14.0. The fourth-order valence-electron chi connectivity index (χ4n) is 2.90. The lowest BCUT2D eigenvalue weighted by Gasteiger charge is -2.23. The summed E-state index contributed by atoms with van der Waals surface area (Å²) >= 11 is 1.68. The molecular weight excluding hydrogens is 298 g/mol. The van der Waals surface area contributed by atoms with E-state index in [9.17, 15) is 4.79 Å². The van der Waals surface area contributed by atoms with Gasteiger partial charge in [0.15, 0.2) is 0 Å². The van der Waals surface area contributed by atoms with Crippen LogP contribution in [-0.2, 0) is 4.79 Å². The van der Waals surface area contributed by atoms with Crippen molar-refractivity contribution >= 4 is 33.1 Å². The molecule has 22 heavy (non-hydrogen) atoms. The number of likely N-dealkylation sites (N-methyl/N-ethyl adjacent to an activating group) is 1. The highest BCUT2D eigenvalue weighted by atomic mass is 32.1. The lowest BCUT2D eigenvalue weighted by atomic mass is 10.1. The van der Waals surface area contributed by atoms with Crippen molar-refractivity contribution in [2.75, 3.05) is 26.0 Å². The number of fused-ring (bicyclic) bond motifs is 1. The van der Waals surface area contributed by atoms with E-state index in [0.717, 1.165) is 46.0 Å². The first-order valence-electron chi connectivity index (χ1n) is 7.52. The smallest absolute Gasteiger partial charge is 0.222 e. The Bertz CT molecular complexity index is 698. The molecule has 3 rings (SSSR count). The molecule has 5 nitrogen and oxygen atoms in total. The minimum absolute atomic E-state index is 0.227. The van der Waals surface area contributed by atoms with Crippen LogP contribution < -0.4 is 10.1 Å². The van der Waals surface area contributed by atoms with E-state index in [2.05, 4.69) is 16.4 Å². The molecule has 2 aromatic rings. The van der Waals surface area contributed by atoms with Gasteiger partial charge in [-0.15, -0.1) is 11.3 Å². The first-order chi connectivity index (χ1) is 10.6. The van der Waals surface area contributed by atoms with E-state index in [0.29, 0.717) is 6.42 Å². The Hall–Kier alpha value is -1.82. The van der Waals surface area contributed by atoms with Crippen LogP contribution in [0.5, 0.6) is 5.75 Å². The number of thiazole rings is 1.